The van der Waals surface area contributed by atoms with E-state index in [2.05, 4.69) is 4.98 Å². The molecule has 0 amide bonds. The monoisotopic (exact) mass is 536 g/mol. The molecule has 194 valence electrons. The molecule has 39 heavy (non-hydrogen) atoms. The Hall–Kier alpha value is -4.60. The lowest BCUT2D eigenvalue weighted by Gasteiger charge is -2.14. The first-order chi connectivity index (χ1) is 18.9. The minimum absolute atomic E-state index is 0.0987. The van der Waals surface area contributed by atoms with Gasteiger partial charge < -0.3 is 4.57 Å². The van der Waals surface area contributed by atoms with E-state index in [1.54, 1.807) is 12.4 Å². The van der Waals surface area contributed by atoms with Gasteiger partial charge in [0.25, 0.3) is 15.7 Å². The van der Waals surface area contributed by atoms with Crippen LogP contribution < -0.4 is 5.56 Å². The number of aromatic nitrogens is 4. The fraction of sp³-hybridized carbons (Fsp3) is 0.100. The summed E-state index contributed by atoms with van der Waals surface area (Å²) in [6.07, 6.45) is 4.50. The van der Waals surface area contributed by atoms with Crippen molar-refractivity contribution in [1.82, 2.24) is 19.2 Å². The van der Waals surface area contributed by atoms with E-state index in [-0.39, 0.29) is 18.7 Å². The minimum atomic E-state index is -3.65. The summed E-state index contributed by atoms with van der Waals surface area (Å²) in [6, 6.07) is 28.8. The second-order valence-corrected chi connectivity index (χ2v) is 10.8. The molecule has 0 unspecified atom stereocenters. The largest absolute Gasteiger partial charge is 0.329 e. The number of benzene rings is 3. The summed E-state index contributed by atoms with van der Waals surface area (Å²) in [5.41, 5.74) is 5.38. The Morgan fingerprint density at radius 2 is 1.56 bits per heavy atom. The van der Waals surface area contributed by atoms with Gasteiger partial charge in [-0.25, -0.2) is 0 Å². The number of hydrogen-bond acceptors (Lipinski definition) is 6. The van der Waals surface area contributed by atoms with Gasteiger partial charge in [-0.05, 0) is 29.3 Å². The molecule has 0 atom stereocenters. The molecule has 0 aliphatic carbocycles. The van der Waals surface area contributed by atoms with Crippen LogP contribution in [0.5, 0.6) is 0 Å². The zero-order chi connectivity index (χ0) is 27.0. The zero-order valence-corrected chi connectivity index (χ0v) is 21.9. The summed E-state index contributed by atoms with van der Waals surface area (Å²) in [5.74, 6) is 0. The van der Waals surface area contributed by atoms with Gasteiger partial charge in [0.05, 0.1) is 29.5 Å². The van der Waals surface area contributed by atoms with Gasteiger partial charge in [-0.15, -0.1) is 0 Å². The van der Waals surface area contributed by atoms with Gasteiger partial charge in [-0.2, -0.15) is 18.0 Å². The second kappa shape index (κ2) is 9.94. The Bertz CT molecular complexity index is 1980. The van der Waals surface area contributed by atoms with E-state index in [4.69, 9.17) is 9.28 Å². The average molecular weight is 537 g/mol. The topological polar surface area (TPSA) is 95.6 Å². The van der Waals surface area contributed by atoms with Crippen molar-refractivity contribution in [3.8, 4) is 33.5 Å². The summed E-state index contributed by atoms with van der Waals surface area (Å²) in [5, 5.41) is 5.74. The van der Waals surface area contributed by atoms with Crippen molar-refractivity contribution < 1.29 is 12.6 Å². The summed E-state index contributed by atoms with van der Waals surface area (Å²) in [7, 11) is -3.65. The molecule has 0 aliphatic heterocycles. The van der Waals surface area contributed by atoms with E-state index in [1.807, 2.05) is 95.6 Å². The first-order valence-corrected chi connectivity index (χ1v) is 14.2. The lowest BCUT2D eigenvalue weighted by Crippen LogP contribution is -2.22. The molecule has 6 aromatic rings. The molecule has 0 saturated carbocycles. The summed E-state index contributed by atoms with van der Waals surface area (Å²) < 4.78 is 31.8. The molecule has 0 fully saturated rings. The maximum Gasteiger partial charge on any atom is 0.282 e. The van der Waals surface area contributed by atoms with Crippen molar-refractivity contribution in [2.24, 2.45) is 0 Å². The highest BCUT2D eigenvalue weighted by atomic mass is 32.2. The lowest BCUT2D eigenvalue weighted by atomic mass is 10.0. The van der Waals surface area contributed by atoms with Gasteiger partial charge in [0.15, 0.2) is 0 Å². The van der Waals surface area contributed by atoms with Crippen LogP contribution in [-0.4, -0.2) is 40.4 Å². The molecule has 0 bridgehead atoms. The van der Waals surface area contributed by atoms with Crippen LogP contribution in [0.15, 0.2) is 108 Å². The third-order valence-corrected chi connectivity index (χ3v) is 7.09. The van der Waals surface area contributed by atoms with Crippen LogP contribution in [0.1, 0.15) is 0 Å². The Kier molecular flexibility index (Phi) is 6.30. The normalized spacial score (nSPS) is 11.8. The van der Waals surface area contributed by atoms with Crippen LogP contribution in [0.4, 0.5) is 0 Å². The third-order valence-electron chi connectivity index (χ3n) is 6.49. The van der Waals surface area contributed by atoms with E-state index in [0.29, 0.717) is 22.5 Å². The quantitative estimate of drug-likeness (QED) is 0.266. The van der Waals surface area contributed by atoms with Crippen LogP contribution >= 0.6 is 0 Å². The van der Waals surface area contributed by atoms with E-state index >= 15 is 0 Å². The van der Waals surface area contributed by atoms with Crippen molar-refractivity contribution in [2.45, 2.75) is 6.54 Å². The Morgan fingerprint density at radius 1 is 0.846 bits per heavy atom. The van der Waals surface area contributed by atoms with Gasteiger partial charge in [0.2, 0.25) is 0 Å². The number of hydrogen-bond donors (Lipinski definition) is 0. The summed E-state index contributed by atoms with van der Waals surface area (Å²) >= 11 is 0. The van der Waals surface area contributed by atoms with Crippen molar-refractivity contribution in [1.29, 1.82) is 0 Å². The van der Waals surface area contributed by atoms with E-state index < -0.39 is 10.1 Å². The predicted octanol–water partition coefficient (Wildman–Crippen LogP) is 5.02. The number of nitrogens with zero attached hydrogens (tertiary/aromatic N) is 4. The second-order valence-electron chi connectivity index (χ2n) is 9.17. The van der Waals surface area contributed by atoms with Crippen molar-refractivity contribution >= 4 is 26.7 Å². The zero-order valence-electron chi connectivity index (χ0n) is 21.1. The van der Waals surface area contributed by atoms with Gasteiger partial charge in [0, 0.05) is 29.9 Å². The molecule has 0 saturated heterocycles. The Balaban J connectivity index is 1.65. The molecule has 0 spiro atoms. The van der Waals surface area contributed by atoms with Crippen molar-refractivity contribution in [3.63, 3.8) is 0 Å². The van der Waals surface area contributed by atoms with Crippen LogP contribution in [-0.2, 0) is 20.8 Å². The molecular formula is C30H24N4O4S. The molecule has 0 N–H and O–H groups in total. The first kappa shape index (κ1) is 24.7. The van der Waals surface area contributed by atoms with E-state index in [0.717, 1.165) is 33.8 Å². The molecule has 6 rings (SSSR count). The molecular weight excluding hydrogens is 512 g/mol. The molecule has 3 aromatic carbocycles. The molecule has 0 radical (unpaired) electrons. The van der Waals surface area contributed by atoms with Crippen LogP contribution in [0, 0.1) is 0 Å². The molecule has 3 heterocycles. The van der Waals surface area contributed by atoms with Crippen molar-refractivity contribution in [3.05, 3.63) is 114 Å². The highest BCUT2D eigenvalue weighted by Crippen LogP contribution is 2.35. The summed E-state index contributed by atoms with van der Waals surface area (Å²) in [4.78, 5) is 18.4. The first-order valence-electron chi connectivity index (χ1n) is 12.4. The lowest BCUT2D eigenvalue weighted by molar-refractivity contribution is 0.305. The number of rotatable bonds is 7. The van der Waals surface area contributed by atoms with Gasteiger partial charge >= 0.3 is 0 Å². The van der Waals surface area contributed by atoms with Gasteiger partial charge in [-0.3, -0.25) is 14.0 Å². The average Bonchev–Trinajstić information content (AvgIpc) is 3.36. The molecule has 8 nitrogen and oxygen atoms in total. The molecule has 3 aromatic heterocycles. The highest BCUT2D eigenvalue weighted by molar-refractivity contribution is 7.85. The van der Waals surface area contributed by atoms with Gasteiger partial charge in [0.1, 0.15) is 11.3 Å². The van der Waals surface area contributed by atoms with Crippen LogP contribution in [0.3, 0.4) is 0 Å². The van der Waals surface area contributed by atoms with Crippen molar-refractivity contribution in [2.75, 3.05) is 12.9 Å². The number of fused-ring (bicyclic) bond motifs is 2. The SMILES string of the molecule is CS(=O)(=O)OCCn1cc(-c2ccc3ncccc3c2)c(=O)n2nc(-c3ccccc3)c(-c3ccccc3)c12. The Labute approximate surface area is 224 Å². The fourth-order valence-electron chi connectivity index (χ4n) is 4.77. The molecule has 9 heteroatoms. The molecule has 0 aliphatic rings. The van der Waals surface area contributed by atoms with Crippen LogP contribution in [0.25, 0.3) is 50.1 Å². The Morgan fingerprint density at radius 3 is 2.28 bits per heavy atom. The maximum atomic E-state index is 14.0. The summed E-state index contributed by atoms with van der Waals surface area (Å²) in [6.45, 7) is 0.0806. The maximum absolute atomic E-state index is 14.0. The standard InChI is InChI=1S/C30H24N4O4S/c1-39(36,37)38-18-17-33-20-25(23-14-15-26-24(19-23)13-8-16-31-26)30(35)34-29(33)27(21-9-4-2-5-10-21)28(32-34)22-11-6-3-7-12-22/h2-16,19-20H,17-18H2,1H3. The third kappa shape index (κ3) is 4.85. The smallest absolute Gasteiger partial charge is 0.282 e. The van der Waals surface area contributed by atoms with E-state index in [1.165, 1.54) is 4.52 Å². The van der Waals surface area contributed by atoms with Gasteiger partial charge in [-0.1, -0.05) is 72.8 Å². The number of pyridine rings is 1. The predicted molar refractivity (Wildman–Crippen MR) is 152 cm³/mol. The van der Waals surface area contributed by atoms with E-state index in [9.17, 15) is 13.2 Å². The van der Waals surface area contributed by atoms with Crippen LogP contribution in [0.2, 0.25) is 0 Å². The fourth-order valence-corrected chi connectivity index (χ4v) is 5.15. The minimum Gasteiger partial charge on any atom is -0.329 e. The highest BCUT2D eigenvalue weighted by Gasteiger charge is 2.22.